The van der Waals surface area contributed by atoms with E-state index >= 15 is 0 Å². The summed E-state index contributed by atoms with van der Waals surface area (Å²) in [7, 11) is 0. The number of nitro benzene ring substituents is 2. The van der Waals surface area contributed by atoms with Crippen molar-refractivity contribution >= 4 is 56.5 Å². The lowest BCUT2D eigenvalue weighted by Gasteiger charge is -2.06. The summed E-state index contributed by atoms with van der Waals surface area (Å²) >= 11 is 5.99. The maximum Gasteiger partial charge on any atom is 0.271 e. The van der Waals surface area contributed by atoms with Gasteiger partial charge in [-0.1, -0.05) is 6.07 Å². The summed E-state index contributed by atoms with van der Waals surface area (Å²) in [4.78, 5) is 29.1. The molecule has 0 aliphatic carbocycles. The monoisotopic (exact) mass is 385 g/mol. The van der Waals surface area contributed by atoms with Gasteiger partial charge in [-0.2, -0.15) is 4.98 Å². The zero-order valence-corrected chi connectivity index (χ0v) is 14.0. The SMILES string of the molecule is O=[N+]([O-])c1cccc(Nc2nc(Cl)nc3c2oc2ccc([N+](=O)[O-])cc23)c1. The van der Waals surface area contributed by atoms with Gasteiger partial charge >= 0.3 is 0 Å². The van der Waals surface area contributed by atoms with E-state index in [2.05, 4.69) is 15.3 Å². The van der Waals surface area contributed by atoms with Crippen LogP contribution >= 0.6 is 11.6 Å². The van der Waals surface area contributed by atoms with Crippen LogP contribution < -0.4 is 5.32 Å². The molecule has 0 spiro atoms. The van der Waals surface area contributed by atoms with E-state index in [1.165, 1.54) is 36.4 Å². The van der Waals surface area contributed by atoms with Gasteiger partial charge in [0.15, 0.2) is 11.4 Å². The van der Waals surface area contributed by atoms with Crippen molar-refractivity contribution in [1.29, 1.82) is 0 Å². The van der Waals surface area contributed by atoms with Gasteiger partial charge in [0.2, 0.25) is 5.28 Å². The molecular weight excluding hydrogens is 378 g/mol. The molecule has 0 aliphatic rings. The summed E-state index contributed by atoms with van der Waals surface area (Å²) in [6, 6.07) is 9.92. The highest BCUT2D eigenvalue weighted by molar-refractivity contribution is 6.29. The van der Waals surface area contributed by atoms with Crippen molar-refractivity contribution in [3.05, 3.63) is 68.0 Å². The second kappa shape index (κ2) is 6.18. The average molecular weight is 386 g/mol. The summed E-state index contributed by atoms with van der Waals surface area (Å²) in [6.45, 7) is 0. The third-order valence-electron chi connectivity index (χ3n) is 3.80. The van der Waals surface area contributed by atoms with Gasteiger partial charge < -0.3 is 9.73 Å². The maximum absolute atomic E-state index is 11.0. The third-order valence-corrected chi connectivity index (χ3v) is 3.97. The van der Waals surface area contributed by atoms with Crippen LogP contribution in [-0.2, 0) is 0 Å². The zero-order valence-electron chi connectivity index (χ0n) is 13.2. The fourth-order valence-corrected chi connectivity index (χ4v) is 2.81. The minimum atomic E-state index is -0.524. The first-order valence-corrected chi connectivity index (χ1v) is 7.86. The van der Waals surface area contributed by atoms with Crippen molar-refractivity contribution in [2.75, 3.05) is 5.32 Å². The van der Waals surface area contributed by atoms with Gasteiger partial charge in [0.25, 0.3) is 11.4 Å². The standard InChI is InChI=1S/C16H8ClN5O5/c17-16-19-13-11-7-10(22(25)26)4-5-12(11)27-14(13)15(20-16)18-8-2-1-3-9(6-8)21(23)24/h1-7H,(H,18,19,20). The van der Waals surface area contributed by atoms with Crippen LogP contribution in [0.3, 0.4) is 0 Å². The number of benzene rings is 2. The highest BCUT2D eigenvalue weighted by Gasteiger charge is 2.18. The Bertz CT molecular complexity index is 1240. The van der Waals surface area contributed by atoms with Crippen molar-refractivity contribution in [3.8, 4) is 0 Å². The predicted molar refractivity (Wildman–Crippen MR) is 97.4 cm³/mol. The Balaban J connectivity index is 1.88. The first kappa shape index (κ1) is 16.7. The zero-order chi connectivity index (χ0) is 19.1. The molecule has 2 heterocycles. The van der Waals surface area contributed by atoms with Gasteiger partial charge in [-0.25, -0.2) is 4.98 Å². The minimum absolute atomic E-state index is 0.100. The van der Waals surface area contributed by atoms with E-state index in [1.807, 2.05) is 0 Å². The number of anilines is 2. The Labute approximate surface area is 154 Å². The Morgan fingerprint density at radius 1 is 1.00 bits per heavy atom. The molecule has 4 aromatic rings. The molecule has 27 heavy (non-hydrogen) atoms. The summed E-state index contributed by atoms with van der Waals surface area (Å²) < 4.78 is 5.72. The molecule has 0 radical (unpaired) electrons. The molecule has 4 rings (SSSR count). The lowest BCUT2D eigenvalue weighted by molar-refractivity contribution is -0.384. The molecule has 10 nitrogen and oxygen atoms in total. The van der Waals surface area contributed by atoms with Gasteiger partial charge in [0.1, 0.15) is 11.1 Å². The number of nitro groups is 2. The highest BCUT2D eigenvalue weighted by atomic mass is 35.5. The molecule has 0 amide bonds. The predicted octanol–water partition coefficient (Wildman–Crippen LogP) is 4.59. The van der Waals surface area contributed by atoms with Crippen LogP contribution in [0.15, 0.2) is 46.9 Å². The van der Waals surface area contributed by atoms with E-state index in [4.69, 9.17) is 16.0 Å². The number of furan rings is 1. The topological polar surface area (TPSA) is 137 Å². The van der Waals surface area contributed by atoms with Gasteiger partial charge in [-0.15, -0.1) is 0 Å². The van der Waals surface area contributed by atoms with E-state index < -0.39 is 9.85 Å². The molecule has 11 heteroatoms. The van der Waals surface area contributed by atoms with Crippen molar-refractivity contribution in [3.63, 3.8) is 0 Å². The van der Waals surface area contributed by atoms with Crippen molar-refractivity contribution in [2.24, 2.45) is 0 Å². The first-order chi connectivity index (χ1) is 12.9. The van der Waals surface area contributed by atoms with Gasteiger partial charge in [0.05, 0.1) is 15.2 Å². The summed E-state index contributed by atoms with van der Waals surface area (Å²) in [5, 5.41) is 25.2. The molecule has 0 aliphatic heterocycles. The van der Waals surface area contributed by atoms with E-state index in [0.717, 1.165) is 0 Å². The Morgan fingerprint density at radius 3 is 2.48 bits per heavy atom. The molecule has 0 saturated carbocycles. The second-order valence-electron chi connectivity index (χ2n) is 5.49. The van der Waals surface area contributed by atoms with Gasteiger partial charge in [0, 0.05) is 30.0 Å². The summed E-state index contributed by atoms with van der Waals surface area (Å²) in [6.07, 6.45) is 0. The molecule has 1 N–H and O–H groups in total. The largest absolute Gasteiger partial charge is 0.450 e. The van der Waals surface area contributed by atoms with Crippen LogP contribution in [0.25, 0.3) is 22.1 Å². The molecule has 0 saturated heterocycles. The molecule has 0 bridgehead atoms. The van der Waals surface area contributed by atoms with Gasteiger partial charge in [-0.05, 0) is 23.7 Å². The quantitative estimate of drug-likeness (QED) is 0.306. The average Bonchev–Trinajstić information content (AvgIpc) is 3.00. The highest BCUT2D eigenvalue weighted by Crippen LogP contribution is 2.35. The smallest absolute Gasteiger partial charge is 0.271 e. The normalized spacial score (nSPS) is 11.0. The van der Waals surface area contributed by atoms with Crippen LogP contribution in [0, 0.1) is 20.2 Å². The Morgan fingerprint density at radius 2 is 1.74 bits per heavy atom. The van der Waals surface area contributed by atoms with Crippen LogP contribution in [0.2, 0.25) is 5.28 Å². The molecule has 0 unspecified atom stereocenters. The number of fused-ring (bicyclic) bond motifs is 3. The number of rotatable bonds is 4. The van der Waals surface area contributed by atoms with E-state index in [-0.39, 0.29) is 28.1 Å². The number of nitrogens with zero attached hydrogens (tertiary/aromatic N) is 4. The fourth-order valence-electron chi connectivity index (χ4n) is 2.64. The first-order valence-electron chi connectivity index (χ1n) is 7.48. The second-order valence-corrected chi connectivity index (χ2v) is 5.83. The van der Waals surface area contributed by atoms with Crippen LogP contribution in [0.1, 0.15) is 0 Å². The lowest BCUT2D eigenvalue weighted by atomic mass is 10.2. The molecule has 0 fully saturated rings. The van der Waals surface area contributed by atoms with Gasteiger partial charge in [-0.3, -0.25) is 20.2 Å². The number of halogens is 1. The van der Waals surface area contributed by atoms with E-state index in [9.17, 15) is 20.2 Å². The van der Waals surface area contributed by atoms with E-state index in [0.29, 0.717) is 22.2 Å². The van der Waals surface area contributed by atoms with Crippen LogP contribution in [0.4, 0.5) is 22.9 Å². The molecule has 2 aromatic heterocycles. The van der Waals surface area contributed by atoms with Crippen LogP contribution in [0.5, 0.6) is 0 Å². The number of non-ortho nitro benzene ring substituents is 2. The molecule has 0 atom stereocenters. The van der Waals surface area contributed by atoms with Crippen molar-refractivity contribution in [2.45, 2.75) is 0 Å². The summed E-state index contributed by atoms with van der Waals surface area (Å²) in [5.41, 5.74) is 1.06. The minimum Gasteiger partial charge on any atom is -0.450 e. The molecule has 2 aromatic carbocycles. The molecule has 134 valence electrons. The number of hydrogen-bond acceptors (Lipinski definition) is 8. The number of aromatic nitrogens is 2. The Hall–Kier alpha value is -3.79. The number of nitrogens with one attached hydrogen (secondary N) is 1. The number of hydrogen-bond donors (Lipinski definition) is 1. The van der Waals surface area contributed by atoms with E-state index in [1.54, 1.807) is 6.07 Å². The third kappa shape index (κ3) is 2.98. The lowest BCUT2D eigenvalue weighted by Crippen LogP contribution is -1.97. The fraction of sp³-hybridized carbons (Fsp3) is 0. The summed E-state index contributed by atoms with van der Waals surface area (Å²) in [5.74, 6) is 0.185. The Kier molecular flexibility index (Phi) is 3.81. The van der Waals surface area contributed by atoms with Crippen LogP contribution in [-0.4, -0.2) is 19.8 Å². The van der Waals surface area contributed by atoms with Crippen molar-refractivity contribution in [1.82, 2.24) is 9.97 Å². The maximum atomic E-state index is 11.0. The van der Waals surface area contributed by atoms with Crippen molar-refractivity contribution < 1.29 is 14.3 Å². The molecular formula is C16H8ClN5O5.